The molecule has 0 aromatic heterocycles. The molecule has 126 valence electrons. The van der Waals surface area contributed by atoms with Crippen molar-refractivity contribution in [2.75, 3.05) is 0 Å². The van der Waals surface area contributed by atoms with E-state index >= 15 is 0 Å². The van der Waals surface area contributed by atoms with E-state index in [1.54, 1.807) is 30.3 Å². The van der Waals surface area contributed by atoms with Crippen molar-refractivity contribution in [3.8, 4) is 0 Å². The van der Waals surface area contributed by atoms with E-state index in [4.69, 9.17) is 0 Å². The number of benzene rings is 2. The summed E-state index contributed by atoms with van der Waals surface area (Å²) in [5.74, 6) is -3.18. The lowest BCUT2D eigenvalue weighted by molar-refractivity contribution is -0.141. The van der Waals surface area contributed by atoms with Gasteiger partial charge in [-0.1, -0.05) is 79.7 Å². The lowest BCUT2D eigenvalue weighted by atomic mass is 9.63. The van der Waals surface area contributed by atoms with Crippen molar-refractivity contribution in [1.82, 2.24) is 0 Å². The molecule has 0 fully saturated rings. The zero-order valence-electron chi connectivity index (χ0n) is 13.7. The Hall–Kier alpha value is -3.14. The fourth-order valence-corrected chi connectivity index (χ4v) is 3.46. The molecule has 0 amide bonds. The normalized spacial score (nSPS) is 22.7. The maximum atomic E-state index is 12.2. The quantitative estimate of drug-likeness (QED) is 0.893. The zero-order chi connectivity index (χ0) is 18.0. The number of carbonyl (C=O) groups is 2. The van der Waals surface area contributed by atoms with Gasteiger partial charge in [0.15, 0.2) is 0 Å². The van der Waals surface area contributed by atoms with Crippen molar-refractivity contribution in [2.45, 2.75) is 12.3 Å². The van der Waals surface area contributed by atoms with E-state index in [1.165, 1.54) is 6.08 Å². The van der Waals surface area contributed by atoms with Crippen LogP contribution < -0.4 is 0 Å². The van der Waals surface area contributed by atoms with E-state index in [0.29, 0.717) is 11.1 Å². The van der Waals surface area contributed by atoms with Crippen LogP contribution in [0, 0.1) is 5.92 Å². The summed E-state index contributed by atoms with van der Waals surface area (Å²) in [6.07, 6.45) is 3.22. The van der Waals surface area contributed by atoms with Gasteiger partial charge in [-0.15, -0.1) is 0 Å². The molecule has 4 nitrogen and oxygen atoms in total. The third kappa shape index (κ3) is 2.87. The number of aliphatic carboxylic acids is 2. The molecule has 2 atom stereocenters. The van der Waals surface area contributed by atoms with Gasteiger partial charge in [0.2, 0.25) is 0 Å². The Bertz CT molecular complexity index is 865. The number of carboxylic acids is 2. The first-order valence-electron chi connectivity index (χ1n) is 7.95. The van der Waals surface area contributed by atoms with Crippen LogP contribution in [-0.4, -0.2) is 22.2 Å². The molecular weight excluding hydrogens is 316 g/mol. The lowest BCUT2D eigenvalue weighted by Gasteiger charge is -2.38. The monoisotopic (exact) mass is 334 g/mol. The summed E-state index contributed by atoms with van der Waals surface area (Å²) >= 11 is 0. The molecule has 2 aromatic carbocycles. The van der Waals surface area contributed by atoms with Gasteiger partial charge in [-0.25, -0.2) is 4.79 Å². The van der Waals surface area contributed by atoms with E-state index in [-0.39, 0.29) is 5.57 Å². The maximum absolute atomic E-state index is 12.2. The van der Waals surface area contributed by atoms with Crippen LogP contribution in [0.5, 0.6) is 0 Å². The Labute approximate surface area is 145 Å². The minimum Gasteiger partial charge on any atom is -0.481 e. The number of allylic oxidation sites excluding steroid dienone is 1. The highest BCUT2D eigenvalue weighted by atomic mass is 16.4. The van der Waals surface area contributed by atoms with Crippen molar-refractivity contribution in [1.29, 1.82) is 0 Å². The molecule has 0 radical (unpaired) electrons. The summed E-state index contributed by atoms with van der Waals surface area (Å²) in [5.41, 5.74) is 0.939. The number of rotatable bonds is 4. The minimum atomic E-state index is -1.13. The van der Waals surface area contributed by atoms with Crippen molar-refractivity contribution in [3.05, 3.63) is 89.5 Å². The van der Waals surface area contributed by atoms with Gasteiger partial charge in [-0.3, -0.25) is 4.79 Å². The fourth-order valence-electron chi connectivity index (χ4n) is 3.46. The van der Waals surface area contributed by atoms with Crippen molar-refractivity contribution in [2.24, 2.45) is 5.92 Å². The fraction of sp³-hybridized carbons (Fsp3) is 0.143. The van der Waals surface area contributed by atoms with E-state index in [2.05, 4.69) is 0 Å². The van der Waals surface area contributed by atoms with Crippen LogP contribution >= 0.6 is 0 Å². The molecule has 0 heterocycles. The molecule has 25 heavy (non-hydrogen) atoms. The molecule has 0 saturated carbocycles. The van der Waals surface area contributed by atoms with Crippen LogP contribution in [0.4, 0.5) is 0 Å². The third-order valence-corrected chi connectivity index (χ3v) is 4.73. The van der Waals surface area contributed by atoms with Gasteiger partial charge in [-0.2, -0.15) is 0 Å². The lowest BCUT2D eigenvalue weighted by Crippen LogP contribution is -2.39. The number of hydrogen-bond acceptors (Lipinski definition) is 2. The van der Waals surface area contributed by atoms with Gasteiger partial charge in [0.25, 0.3) is 0 Å². The summed E-state index contributed by atoms with van der Waals surface area (Å²) in [7, 11) is 0. The van der Waals surface area contributed by atoms with E-state index in [1.807, 2.05) is 43.3 Å². The van der Waals surface area contributed by atoms with Gasteiger partial charge >= 0.3 is 11.9 Å². The third-order valence-electron chi connectivity index (χ3n) is 4.73. The Morgan fingerprint density at radius 2 is 1.48 bits per heavy atom. The van der Waals surface area contributed by atoms with Crippen LogP contribution in [0.1, 0.15) is 18.1 Å². The van der Waals surface area contributed by atoms with Gasteiger partial charge < -0.3 is 10.2 Å². The highest BCUT2D eigenvalue weighted by Gasteiger charge is 2.45. The Morgan fingerprint density at radius 3 is 2.00 bits per heavy atom. The standard InChI is InChI=1S/C21H18O4/c1-21(15-10-6-3-7-11-15)13-12-16(19(22)23)17(18(21)20(24)25)14-8-4-2-5-9-14/h2-13,18H,1H3,(H,22,23)(H,24,25). The summed E-state index contributed by atoms with van der Waals surface area (Å²) in [5, 5.41) is 19.6. The van der Waals surface area contributed by atoms with Crippen molar-refractivity contribution < 1.29 is 19.8 Å². The Morgan fingerprint density at radius 1 is 0.920 bits per heavy atom. The van der Waals surface area contributed by atoms with E-state index in [9.17, 15) is 19.8 Å². The smallest absolute Gasteiger partial charge is 0.336 e. The molecule has 2 N–H and O–H groups in total. The minimum absolute atomic E-state index is 0.0204. The van der Waals surface area contributed by atoms with Crippen LogP contribution in [-0.2, 0) is 15.0 Å². The summed E-state index contributed by atoms with van der Waals surface area (Å²) in [6.45, 7) is 1.83. The molecule has 1 aliphatic rings. The number of carboxylic acid groups (broad SMARTS) is 2. The zero-order valence-corrected chi connectivity index (χ0v) is 13.7. The average molecular weight is 334 g/mol. The van der Waals surface area contributed by atoms with E-state index in [0.717, 1.165) is 5.56 Å². The molecule has 0 saturated heterocycles. The Kier molecular flexibility index (Phi) is 4.28. The second-order valence-electron chi connectivity index (χ2n) is 6.25. The molecule has 4 heteroatoms. The largest absolute Gasteiger partial charge is 0.481 e. The van der Waals surface area contributed by atoms with Crippen molar-refractivity contribution in [3.63, 3.8) is 0 Å². The van der Waals surface area contributed by atoms with Gasteiger partial charge in [-0.05, 0) is 16.7 Å². The molecule has 0 spiro atoms. The topological polar surface area (TPSA) is 74.6 Å². The first kappa shape index (κ1) is 16.7. The summed E-state index contributed by atoms with van der Waals surface area (Å²) in [4.78, 5) is 24.0. The number of hydrogen-bond donors (Lipinski definition) is 2. The predicted octanol–water partition coefficient (Wildman–Crippen LogP) is 3.75. The summed E-state index contributed by atoms with van der Waals surface area (Å²) < 4.78 is 0. The SMILES string of the molecule is CC1(c2ccccc2)C=CC(C(=O)O)=C(c2ccccc2)C1C(=O)O. The highest BCUT2D eigenvalue weighted by Crippen LogP contribution is 2.46. The van der Waals surface area contributed by atoms with Crippen LogP contribution in [0.2, 0.25) is 0 Å². The molecule has 0 aliphatic heterocycles. The molecule has 2 aromatic rings. The molecular formula is C21H18O4. The predicted molar refractivity (Wildman–Crippen MR) is 95.1 cm³/mol. The van der Waals surface area contributed by atoms with Crippen molar-refractivity contribution >= 4 is 17.5 Å². The van der Waals surface area contributed by atoms with Gasteiger partial charge in [0.05, 0.1) is 11.5 Å². The first-order valence-corrected chi connectivity index (χ1v) is 7.95. The first-order chi connectivity index (χ1) is 11.9. The average Bonchev–Trinajstić information content (AvgIpc) is 2.62. The second-order valence-corrected chi connectivity index (χ2v) is 6.25. The summed E-state index contributed by atoms with van der Waals surface area (Å²) in [6, 6.07) is 18.2. The van der Waals surface area contributed by atoms with E-state index < -0.39 is 23.3 Å². The maximum Gasteiger partial charge on any atom is 0.336 e. The van der Waals surface area contributed by atoms with Gasteiger partial charge in [0, 0.05) is 5.41 Å². The van der Waals surface area contributed by atoms with Crippen LogP contribution in [0.15, 0.2) is 78.4 Å². The Balaban J connectivity index is 2.28. The second kappa shape index (κ2) is 6.40. The highest BCUT2D eigenvalue weighted by molar-refractivity contribution is 6.05. The van der Waals surface area contributed by atoms with Gasteiger partial charge in [0.1, 0.15) is 0 Å². The molecule has 3 rings (SSSR count). The van der Waals surface area contributed by atoms with Crippen LogP contribution in [0.25, 0.3) is 5.57 Å². The molecule has 0 bridgehead atoms. The molecule has 1 aliphatic carbocycles. The molecule has 2 unspecified atom stereocenters. The van der Waals surface area contributed by atoms with Crippen LogP contribution in [0.3, 0.4) is 0 Å².